The van der Waals surface area contributed by atoms with E-state index in [0.717, 1.165) is 6.61 Å². The van der Waals surface area contributed by atoms with Gasteiger partial charge in [-0.3, -0.25) is 0 Å². The first-order valence-electron chi connectivity index (χ1n) is 4.06. The fraction of sp³-hybridized carbons (Fsp3) is 0.500. The number of hydrogen-bond donors (Lipinski definition) is 0. The first-order valence-corrected chi connectivity index (χ1v) is 5.23. The maximum Gasteiger partial charge on any atom is 0.232 e. The quantitative estimate of drug-likeness (QED) is 0.787. The fourth-order valence-electron chi connectivity index (χ4n) is 0.916. The summed E-state index contributed by atoms with van der Waals surface area (Å²) in [4.78, 5) is 7.78. The summed E-state index contributed by atoms with van der Waals surface area (Å²) in [6, 6.07) is 0. The lowest BCUT2D eigenvalue weighted by molar-refractivity contribution is 0.286. The summed E-state index contributed by atoms with van der Waals surface area (Å²) in [5.41, 5.74) is 0. The van der Waals surface area contributed by atoms with Gasteiger partial charge < -0.3 is 4.74 Å². The van der Waals surface area contributed by atoms with Gasteiger partial charge in [0, 0.05) is 0 Å². The molecule has 0 aromatic carbocycles. The molecule has 13 heavy (non-hydrogen) atoms. The minimum atomic E-state index is 0.390. The normalized spacial score (nSPS) is 15.8. The minimum Gasteiger partial charge on any atom is -0.476 e. The maximum atomic E-state index is 5.77. The van der Waals surface area contributed by atoms with Crippen molar-refractivity contribution in [2.45, 2.75) is 12.8 Å². The highest BCUT2D eigenvalue weighted by molar-refractivity contribution is 9.10. The van der Waals surface area contributed by atoms with E-state index in [9.17, 15) is 0 Å². The second-order valence-electron chi connectivity index (χ2n) is 3.04. The number of nitrogens with zero attached hydrogens (tertiary/aromatic N) is 2. The largest absolute Gasteiger partial charge is 0.476 e. The Kier molecular flexibility index (Phi) is 2.69. The second-order valence-corrected chi connectivity index (χ2v) is 4.19. The van der Waals surface area contributed by atoms with Crippen molar-refractivity contribution in [3.8, 4) is 5.88 Å². The molecule has 0 N–H and O–H groups in total. The monoisotopic (exact) mass is 262 g/mol. The van der Waals surface area contributed by atoms with Crippen molar-refractivity contribution in [1.29, 1.82) is 0 Å². The zero-order valence-corrected chi connectivity index (χ0v) is 9.18. The van der Waals surface area contributed by atoms with Crippen LogP contribution in [-0.4, -0.2) is 16.6 Å². The smallest absolute Gasteiger partial charge is 0.232 e. The van der Waals surface area contributed by atoms with Crippen LogP contribution in [0.4, 0.5) is 0 Å². The third kappa shape index (κ3) is 2.31. The van der Waals surface area contributed by atoms with Crippen LogP contribution in [0, 0.1) is 5.92 Å². The molecule has 1 heterocycles. The van der Waals surface area contributed by atoms with Gasteiger partial charge in [-0.15, -0.1) is 0 Å². The summed E-state index contributed by atoms with van der Waals surface area (Å²) in [5.74, 6) is 1.24. The van der Waals surface area contributed by atoms with E-state index in [2.05, 4.69) is 25.9 Å². The van der Waals surface area contributed by atoms with Gasteiger partial charge in [-0.25, -0.2) is 9.97 Å². The van der Waals surface area contributed by atoms with Crippen LogP contribution in [0.3, 0.4) is 0 Å². The molecule has 70 valence electrons. The molecule has 5 heteroatoms. The summed E-state index contributed by atoms with van der Waals surface area (Å²) in [6.07, 6.45) is 3.92. The molecule has 1 aliphatic rings. The maximum absolute atomic E-state index is 5.77. The third-order valence-corrected chi connectivity index (χ3v) is 3.10. The molecule has 1 saturated carbocycles. The van der Waals surface area contributed by atoms with E-state index in [1.165, 1.54) is 19.2 Å². The molecule has 1 aromatic heterocycles. The highest BCUT2D eigenvalue weighted by Crippen LogP contribution is 2.32. The molecule has 3 nitrogen and oxygen atoms in total. The lowest BCUT2D eigenvalue weighted by Crippen LogP contribution is -2.01. The van der Waals surface area contributed by atoms with Gasteiger partial charge in [0.25, 0.3) is 0 Å². The van der Waals surface area contributed by atoms with Crippen LogP contribution in [0.15, 0.2) is 10.8 Å². The van der Waals surface area contributed by atoms with Gasteiger partial charge in [0.1, 0.15) is 10.8 Å². The summed E-state index contributed by atoms with van der Waals surface area (Å²) in [7, 11) is 0. The first kappa shape index (κ1) is 9.21. The van der Waals surface area contributed by atoms with E-state index in [4.69, 9.17) is 16.3 Å². The molecule has 0 bridgehead atoms. The van der Waals surface area contributed by atoms with E-state index < -0.39 is 0 Å². The Labute approximate surface area is 89.6 Å². The Hall–Kier alpha value is -0.350. The number of aromatic nitrogens is 2. The van der Waals surface area contributed by atoms with Crippen LogP contribution in [0.5, 0.6) is 5.88 Å². The van der Waals surface area contributed by atoms with Crippen molar-refractivity contribution in [3.63, 3.8) is 0 Å². The predicted molar refractivity (Wildman–Crippen MR) is 53.0 cm³/mol. The van der Waals surface area contributed by atoms with Crippen LogP contribution in [0.1, 0.15) is 12.8 Å². The second kappa shape index (κ2) is 3.80. The minimum absolute atomic E-state index is 0.390. The van der Waals surface area contributed by atoms with Crippen molar-refractivity contribution in [3.05, 3.63) is 16.0 Å². The fourth-order valence-corrected chi connectivity index (χ4v) is 1.36. The van der Waals surface area contributed by atoms with Crippen molar-refractivity contribution >= 4 is 27.5 Å². The molecule has 1 fully saturated rings. The highest BCUT2D eigenvalue weighted by Gasteiger charge is 2.22. The molecule has 0 amide bonds. The Morgan fingerprint density at radius 3 is 3.00 bits per heavy atom. The molecule has 1 aliphatic carbocycles. The van der Waals surface area contributed by atoms with Gasteiger partial charge in [0.2, 0.25) is 5.88 Å². The lowest BCUT2D eigenvalue weighted by Gasteiger charge is -2.05. The Morgan fingerprint density at radius 1 is 1.54 bits per heavy atom. The predicted octanol–water partition coefficient (Wildman–Crippen LogP) is 2.68. The molecule has 0 aliphatic heterocycles. The first-order chi connectivity index (χ1) is 6.27. The van der Waals surface area contributed by atoms with E-state index in [0.29, 0.717) is 21.4 Å². The van der Waals surface area contributed by atoms with E-state index in [1.807, 2.05) is 0 Å². The zero-order valence-electron chi connectivity index (χ0n) is 6.83. The lowest BCUT2D eigenvalue weighted by atomic mass is 10.5. The molecule has 0 atom stereocenters. The van der Waals surface area contributed by atoms with Gasteiger partial charge in [-0.1, -0.05) is 11.6 Å². The van der Waals surface area contributed by atoms with E-state index in [1.54, 1.807) is 0 Å². The van der Waals surface area contributed by atoms with Crippen LogP contribution in [-0.2, 0) is 0 Å². The zero-order chi connectivity index (χ0) is 9.26. The third-order valence-electron chi connectivity index (χ3n) is 1.87. The Bertz CT molecular complexity index is 317. The van der Waals surface area contributed by atoms with Gasteiger partial charge in [-0.05, 0) is 34.7 Å². The van der Waals surface area contributed by atoms with Crippen molar-refractivity contribution < 1.29 is 4.74 Å². The molecule has 0 spiro atoms. The Balaban J connectivity index is 2.05. The molecule has 2 rings (SSSR count). The Morgan fingerprint density at radius 2 is 2.31 bits per heavy atom. The number of hydrogen-bond acceptors (Lipinski definition) is 3. The van der Waals surface area contributed by atoms with Crippen LogP contribution >= 0.6 is 27.5 Å². The van der Waals surface area contributed by atoms with E-state index in [-0.39, 0.29) is 0 Å². The average molecular weight is 264 g/mol. The van der Waals surface area contributed by atoms with Gasteiger partial charge in [-0.2, -0.15) is 0 Å². The summed E-state index contributed by atoms with van der Waals surface area (Å²) < 4.78 is 6.10. The SMILES string of the molecule is Clc1ncnc(OCC2CC2)c1Br. The topological polar surface area (TPSA) is 35.0 Å². The van der Waals surface area contributed by atoms with Gasteiger partial charge >= 0.3 is 0 Å². The molecular weight excluding hydrogens is 255 g/mol. The molecule has 1 aromatic rings. The van der Waals surface area contributed by atoms with Crippen LogP contribution in [0.25, 0.3) is 0 Å². The van der Waals surface area contributed by atoms with Crippen molar-refractivity contribution in [1.82, 2.24) is 9.97 Å². The summed E-state index contributed by atoms with van der Waals surface area (Å²) in [5, 5.41) is 0.390. The highest BCUT2D eigenvalue weighted by atomic mass is 79.9. The summed E-state index contributed by atoms with van der Waals surface area (Å²) in [6.45, 7) is 0.728. The number of rotatable bonds is 3. The number of halogens is 2. The van der Waals surface area contributed by atoms with Gasteiger partial charge in [0.05, 0.1) is 6.61 Å². The van der Waals surface area contributed by atoms with Crippen molar-refractivity contribution in [2.75, 3.05) is 6.61 Å². The van der Waals surface area contributed by atoms with Crippen LogP contribution < -0.4 is 4.74 Å². The van der Waals surface area contributed by atoms with Crippen LogP contribution in [0.2, 0.25) is 5.15 Å². The molecule has 0 saturated heterocycles. The molecule has 0 radical (unpaired) electrons. The van der Waals surface area contributed by atoms with Gasteiger partial charge in [0.15, 0.2) is 5.15 Å². The van der Waals surface area contributed by atoms with E-state index >= 15 is 0 Å². The number of ether oxygens (including phenoxy) is 1. The standard InChI is InChI=1S/C8H8BrClN2O/c9-6-7(10)11-4-12-8(6)13-3-5-1-2-5/h4-5H,1-3H2. The molecular formula is C8H8BrClN2O. The summed E-state index contributed by atoms with van der Waals surface area (Å²) >= 11 is 9.04. The van der Waals surface area contributed by atoms with Crippen molar-refractivity contribution in [2.24, 2.45) is 5.92 Å². The molecule has 0 unspecified atom stereocenters. The average Bonchev–Trinajstić information content (AvgIpc) is 2.91.